The van der Waals surface area contributed by atoms with Gasteiger partial charge in [0.05, 0.1) is 41.8 Å². The molecule has 7 rings (SSSR count). The third-order valence-electron chi connectivity index (χ3n) is 9.06. The lowest BCUT2D eigenvalue weighted by Gasteiger charge is -2.41. The van der Waals surface area contributed by atoms with E-state index in [2.05, 4.69) is 17.9 Å². The molecule has 2 aromatic carbocycles. The molecule has 4 aromatic rings. The van der Waals surface area contributed by atoms with Crippen molar-refractivity contribution in [1.82, 2.24) is 14.6 Å². The standard InChI is InChI=1S/C39H47FN4O5/c1-8-46-37(45)35(49-38(4,5)6)34-26(3)41-33-24-31-28-14-11-13-27(22-28)30-16-15-29(40)23-32(30)48-25(2)12-9-10-21-47-39(7)17-19-43(20-18-39)36(34)44(33)42-31/h9-11,13-16,22-25,35H,8,12,17-21H2,1-7H3/t25-,35-/m0/s1. The highest BCUT2D eigenvalue weighted by Gasteiger charge is 2.38. The number of aromatic nitrogens is 3. The monoisotopic (exact) mass is 670 g/mol. The number of aryl methyl sites for hydroxylation is 1. The van der Waals surface area contributed by atoms with Crippen LogP contribution < -0.4 is 9.64 Å². The number of fused-ring (bicyclic) bond motifs is 7. The molecule has 0 saturated carbocycles. The Morgan fingerprint density at radius 2 is 1.86 bits per heavy atom. The smallest absolute Gasteiger partial charge is 0.340 e. The van der Waals surface area contributed by atoms with E-state index in [0.717, 1.165) is 35.3 Å². The summed E-state index contributed by atoms with van der Waals surface area (Å²) in [5.74, 6) is 0.407. The third-order valence-corrected chi connectivity index (χ3v) is 9.06. The first-order valence-corrected chi connectivity index (χ1v) is 17.2. The first kappa shape index (κ1) is 34.6. The summed E-state index contributed by atoms with van der Waals surface area (Å²) in [6.07, 6.45) is 5.09. The topological polar surface area (TPSA) is 87.4 Å². The fourth-order valence-corrected chi connectivity index (χ4v) is 6.55. The lowest BCUT2D eigenvalue weighted by atomic mass is 9.92. The molecule has 0 spiro atoms. The van der Waals surface area contributed by atoms with E-state index in [4.69, 9.17) is 29.0 Å². The molecule has 3 aliphatic rings. The van der Waals surface area contributed by atoms with Crippen LogP contribution in [0.15, 0.2) is 60.7 Å². The van der Waals surface area contributed by atoms with Gasteiger partial charge in [-0.3, -0.25) is 0 Å². The fourth-order valence-electron chi connectivity index (χ4n) is 6.55. The van der Waals surface area contributed by atoms with Crippen LogP contribution in [0.1, 0.15) is 78.2 Å². The number of carbonyl (C=O) groups is 1. The molecule has 260 valence electrons. The Kier molecular flexibility index (Phi) is 9.82. The van der Waals surface area contributed by atoms with E-state index in [1.165, 1.54) is 12.1 Å². The largest absolute Gasteiger partial charge is 0.490 e. The minimum absolute atomic E-state index is 0.175. The van der Waals surface area contributed by atoms with Gasteiger partial charge in [-0.15, -0.1) is 0 Å². The van der Waals surface area contributed by atoms with E-state index in [0.29, 0.717) is 54.5 Å². The lowest BCUT2D eigenvalue weighted by Crippen LogP contribution is -2.45. The summed E-state index contributed by atoms with van der Waals surface area (Å²) in [7, 11) is 0. The van der Waals surface area contributed by atoms with E-state index in [-0.39, 0.29) is 24.1 Å². The van der Waals surface area contributed by atoms with E-state index >= 15 is 0 Å². The third kappa shape index (κ3) is 7.65. The van der Waals surface area contributed by atoms with Gasteiger partial charge in [0.25, 0.3) is 0 Å². The molecular weight excluding hydrogens is 623 g/mol. The number of rotatable bonds is 4. The minimum Gasteiger partial charge on any atom is -0.490 e. The maximum Gasteiger partial charge on any atom is 0.340 e. The summed E-state index contributed by atoms with van der Waals surface area (Å²) < 4.78 is 41.1. The highest BCUT2D eigenvalue weighted by molar-refractivity contribution is 5.81. The van der Waals surface area contributed by atoms with Crippen molar-refractivity contribution in [2.45, 2.75) is 91.1 Å². The number of hydrogen-bond donors (Lipinski definition) is 0. The second-order valence-corrected chi connectivity index (χ2v) is 14.2. The molecular formula is C39H47FN4O5. The van der Waals surface area contributed by atoms with Gasteiger partial charge in [0, 0.05) is 48.5 Å². The van der Waals surface area contributed by atoms with Gasteiger partial charge in [-0.25, -0.2) is 14.2 Å². The van der Waals surface area contributed by atoms with Crippen molar-refractivity contribution in [3.8, 4) is 28.1 Å². The summed E-state index contributed by atoms with van der Waals surface area (Å²) in [5, 5.41) is 5.13. The number of nitrogens with zero attached hydrogens (tertiary/aromatic N) is 4. The number of halogens is 1. The maximum absolute atomic E-state index is 14.5. The Morgan fingerprint density at radius 3 is 2.59 bits per heavy atom. The van der Waals surface area contributed by atoms with Crippen molar-refractivity contribution in [2.24, 2.45) is 0 Å². The van der Waals surface area contributed by atoms with Crippen LogP contribution in [0.2, 0.25) is 0 Å². The number of esters is 1. The van der Waals surface area contributed by atoms with Crippen molar-refractivity contribution in [2.75, 3.05) is 31.2 Å². The molecule has 10 heteroatoms. The predicted octanol–water partition coefficient (Wildman–Crippen LogP) is 8.03. The van der Waals surface area contributed by atoms with E-state index in [9.17, 15) is 9.18 Å². The molecule has 0 aliphatic carbocycles. The van der Waals surface area contributed by atoms with Gasteiger partial charge in [-0.2, -0.15) is 9.61 Å². The summed E-state index contributed by atoms with van der Waals surface area (Å²) >= 11 is 0. The summed E-state index contributed by atoms with van der Waals surface area (Å²) in [6, 6.07) is 14.6. The molecule has 9 nitrogen and oxygen atoms in total. The van der Waals surface area contributed by atoms with Crippen LogP contribution in [0.25, 0.3) is 28.0 Å². The molecule has 0 amide bonds. The van der Waals surface area contributed by atoms with Crippen molar-refractivity contribution < 1.29 is 28.1 Å². The molecule has 0 unspecified atom stereocenters. The van der Waals surface area contributed by atoms with Gasteiger partial charge in [-0.1, -0.05) is 30.4 Å². The van der Waals surface area contributed by atoms with Crippen LogP contribution in [0, 0.1) is 12.7 Å². The van der Waals surface area contributed by atoms with Crippen LogP contribution in [-0.4, -0.2) is 64.2 Å². The molecule has 3 aliphatic heterocycles. The SMILES string of the molecule is CCOC(=O)[C@@H](OC(C)(C)C)c1c(C)nc2cc3nn2c1N1CCC(C)(CC1)OCC=CC[C@H](C)Oc1cc(F)ccc1-c1cccc-3c1. The average Bonchev–Trinajstić information content (AvgIpc) is 3.47. The molecule has 1 fully saturated rings. The second-order valence-electron chi connectivity index (χ2n) is 14.2. The molecule has 1 saturated heterocycles. The molecule has 2 aromatic heterocycles. The van der Waals surface area contributed by atoms with Crippen LogP contribution >= 0.6 is 0 Å². The summed E-state index contributed by atoms with van der Waals surface area (Å²) in [6.45, 7) is 15.7. The number of ether oxygens (including phenoxy) is 4. The van der Waals surface area contributed by atoms with Crippen LogP contribution in [0.4, 0.5) is 10.2 Å². The quantitative estimate of drug-likeness (QED) is 0.159. The number of hydrogen-bond acceptors (Lipinski definition) is 8. The zero-order chi connectivity index (χ0) is 34.9. The van der Waals surface area contributed by atoms with Crippen molar-refractivity contribution >= 4 is 17.4 Å². The number of carbonyl (C=O) groups excluding carboxylic acids is 1. The van der Waals surface area contributed by atoms with Crippen molar-refractivity contribution in [3.05, 3.63) is 77.8 Å². The zero-order valence-corrected chi connectivity index (χ0v) is 29.6. The Hall–Kier alpha value is -4.28. The van der Waals surface area contributed by atoms with Crippen LogP contribution in [0.3, 0.4) is 0 Å². The highest BCUT2D eigenvalue weighted by atomic mass is 19.1. The first-order chi connectivity index (χ1) is 23.3. The maximum atomic E-state index is 14.5. The van der Waals surface area contributed by atoms with E-state index in [1.54, 1.807) is 13.0 Å². The molecule has 0 N–H and O–H groups in total. The van der Waals surface area contributed by atoms with E-state index < -0.39 is 17.7 Å². The lowest BCUT2D eigenvalue weighted by molar-refractivity contribution is -0.166. The van der Waals surface area contributed by atoms with Crippen LogP contribution in [-0.2, 0) is 19.0 Å². The number of anilines is 1. The van der Waals surface area contributed by atoms with Gasteiger partial charge >= 0.3 is 5.97 Å². The van der Waals surface area contributed by atoms with Gasteiger partial charge in [0.2, 0.25) is 0 Å². The predicted molar refractivity (Wildman–Crippen MR) is 188 cm³/mol. The molecule has 5 heterocycles. The molecule has 49 heavy (non-hydrogen) atoms. The van der Waals surface area contributed by atoms with Gasteiger partial charge in [0.1, 0.15) is 17.4 Å². The Labute approximate surface area is 288 Å². The Balaban J connectivity index is 1.55. The fraction of sp³-hybridized carbons (Fsp3) is 0.462. The Morgan fingerprint density at radius 1 is 1.10 bits per heavy atom. The molecule has 6 bridgehead atoms. The summed E-state index contributed by atoms with van der Waals surface area (Å²) in [4.78, 5) is 20.9. The minimum atomic E-state index is -1.01. The van der Waals surface area contributed by atoms with Gasteiger partial charge < -0.3 is 23.8 Å². The van der Waals surface area contributed by atoms with Crippen molar-refractivity contribution in [1.29, 1.82) is 0 Å². The average molecular weight is 671 g/mol. The van der Waals surface area contributed by atoms with Gasteiger partial charge in [-0.05, 0) is 85.1 Å². The molecule has 0 radical (unpaired) electrons. The van der Waals surface area contributed by atoms with Crippen molar-refractivity contribution in [3.63, 3.8) is 0 Å². The first-order valence-electron chi connectivity index (χ1n) is 17.2. The van der Waals surface area contributed by atoms with Crippen LogP contribution in [0.5, 0.6) is 5.75 Å². The summed E-state index contributed by atoms with van der Waals surface area (Å²) in [5.41, 5.74) is 4.20. The number of piperidine rings is 1. The zero-order valence-electron chi connectivity index (χ0n) is 29.6. The number of benzene rings is 2. The molecule has 2 atom stereocenters. The highest BCUT2D eigenvalue weighted by Crippen LogP contribution is 2.40. The van der Waals surface area contributed by atoms with Gasteiger partial charge in [0.15, 0.2) is 11.8 Å². The normalized spacial score (nSPS) is 20.6. The van der Waals surface area contributed by atoms with E-state index in [1.807, 2.05) is 75.5 Å². The second kappa shape index (κ2) is 13.9. The Bertz CT molecular complexity index is 1850.